The molecule has 2 aromatic heterocycles. The lowest BCUT2D eigenvalue weighted by Crippen LogP contribution is -2.42. The van der Waals surface area contributed by atoms with E-state index in [9.17, 15) is 10.2 Å². The van der Waals surface area contributed by atoms with E-state index in [0.29, 0.717) is 40.6 Å². The number of thiophene rings is 1. The van der Waals surface area contributed by atoms with Crippen LogP contribution in [0.5, 0.6) is 5.75 Å². The Hall–Kier alpha value is -1.71. The highest BCUT2D eigenvalue weighted by molar-refractivity contribution is 8.01. The van der Waals surface area contributed by atoms with Crippen LogP contribution in [0, 0.1) is 5.41 Å². The Morgan fingerprint density at radius 3 is 2.76 bits per heavy atom. The molecule has 5 nitrogen and oxygen atoms in total. The first-order valence-electron chi connectivity index (χ1n) is 11.8. The fraction of sp³-hybridized carbons (Fsp3) is 0.500. The normalized spacial score (nSPS) is 17.2. The molecular formula is C26H33FN2O3S2. The lowest BCUT2D eigenvalue weighted by atomic mass is 9.74. The second-order valence-electron chi connectivity index (χ2n) is 9.02. The maximum Gasteiger partial charge on any atom is 0.126 e. The number of aromatic nitrogens is 1. The van der Waals surface area contributed by atoms with E-state index in [1.54, 1.807) is 36.8 Å². The number of thioether (sulfide) groups is 1. The summed E-state index contributed by atoms with van der Waals surface area (Å²) in [4.78, 5) is 6.82. The zero-order chi connectivity index (χ0) is 24.0. The summed E-state index contributed by atoms with van der Waals surface area (Å²) in [6.07, 6.45) is 2.98. The molecule has 4 rings (SSSR count). The smallest absolute Gasteiger partial charge is 0.126 e. The average Bonchev–Trinajstić information content (AvgIpc) is 3.40. The molecule has 0 bridgehead atoms. The molecule has 0 amide bonds. The molecule has 1 saturated heterocycles. The van der Waals surface area contributed by atoms with Crippen LogP contribution in [0.15, 0.2) is 46.1 Å². The first-order valence-corrected chi connectivity index (χ1v) is 13.6. The van der Waals surface area contributed by atoms with Gasteiger partial charge >= 0.3 is 0 Å². The summed E-state index contributed by atoms with van der Waals surface area (Å²) in [5, 5.41) is 22.9. The van der Waals surface area contributed by atoms with Crippen LogP contribution >= 0.6 is 23.1 Å². The number of methoxy groups -OCH3 is 1. The molecular weight excluding hydrogens is 471 g/mol. The molecule has 1 atom stereocenters. The molecule has 1 aliphatic rings. The Labute approximate surface area is 209 Å². The molecule has 0 spiro atoms. The van der Waals surface area contributed by atoms with Crippen molar-refractivity contribution in [1.29, 1.82) is 0 Å². The summed E-state index contributed by atoms with van der Waals surface area (Å²) in [5.74, 6) is 1.69. The van der Waals surface area contributed by atoms with E-state index < -0.39 is 6.17 Å². The number of aliphatic hydroxyl groups excluding tert-OH is 2. The molecule has 2 N–H and O–H groups in total. The highest BCUT2D eigenvalue weighted by Crippen LogP contribution is 2.41. The summed E-state index contributed by atoms with van der Waals surface area (Å²) in [7, 11) is 1.58. The number of piperidine rings is 1. The van der Waals surface area contributed by atoms with Gasteiger partial charge < -0.3 is 19.8 Å². The molecule has 8 heteroatoms. The molecule has 1 fully saturated rings. The van der Waals surface area contributed by atoms with Gasteiger partial charge in [-0.2, -0.15) is 0 Å². The van der Waals surface area contributed by atoms with Gasteiger partial charge in [0.15, 0.2) is 0 Å². The van der Waals surface area contributed by atoms with Crippen LogP contribution in [-0.2, 0) is 6.61 Å². The molecule has 0 unspecified atom stereocenters. The Balaban J connectivity index is 1.38. The summed E-state index contributed by atoms with van der Waals surface area (Å²) in [6, 6.07) is 9.64. The number of ether oxygens (including phenoxy) is 1. The van der Waals surface area contributed by atoms with E-state index in [1.807, 2.05) is 17.8 Å². The van der Waals surface area contributed by atoms with Crippen molar-refractivity contribution in [2.24, 2.45) is 5.41 Å². The van der Waals surface area contributed by atoms with Gasteiger partial charge in [0.1, 0.15) is 11.9 Å². The van der Waals surface area contributed by atoms with Gasteiger partial charge in [-0.25, -0.2) is 4.39 Å². The van der Waals surface area contributed by atoms with Crippen LogP contribution in [0.3, 0.4) is 0 Å². The zero-order valence-corrected chi connectivity index (χ0v) is 21.2. The number of fused-ring (bicyclic) bond motifs is 1. The van der Waals surface area contributed by atoms with E-state index in [0.717, 1.165) is 38.2 Å². The molecule has 34 heavy (non-hydrogen) atoms. The van der Waals surface area contributed by atoms with Gasteiger partial charge in [0.25, 0.3) is 0 Å². The summed E-state index contributed by atoms with van der Waals surface area (Å²) >= 11 is 3.66. The molecule has 0 aliphatic carbocycles. The van der Waals surface area contributed by atoms with Gasteiger partial charge in [0.2, 0.25) is 0 Å². The van der Waals surface area contributed by atoms with Crippen LogP contribution < -0.4 is 4.74 Å². The van der Waals surface area contributed by atoms with E-state index in [-0.39, 0.29) is 18.6 Å². The van der Waals surface area contributed by atoms with Crippen molar-refractivity contribution in [2.45, 2.75) is 42.7 Å². The topological polar surface area (TPSA) is 65.8 Å². The quantitative estimate of drug-likeness (QED) is 0.338. The van der Waals surface area contributed by atoms with Crippen molar-refractivity contribution in [3.63, 3.8) is 0 Å². The van der Waals surface area contributed by atoms with Crippen LogP contribution in [-0.4, -0.2) is 59.2 Å². The van der Waals surface area contributed by atoms with Crippen LogP contribution in [0.4, 0.5) is 4.39 Å². The fourth-order valence-electron chi connectivity index (χ4n) is 4.79. The van der Waals surface area contributed by atoms with Gasteiger partial charge in [-0.15, -0.1) is 23.1 Å². The standard InChI is InChI=1S/C26H33FN2O3S2/c1-32-20-4-5-23-21(15-20)25(19(17-30)16-28-23)22(27)6-7-26(18-31)8-10-29(11-9-26)12-14-34-24-3-2-13-33-24/h2-5,13,15-16,22,30-31H,6-12,14,17-18H2,1H3/t22-/m1/s1. The second kappa shape index (κ2) is 11.8. The van der Waals surface area contributed by atoms with Crippen molar-refractivity contribution < 1.29 is 19.3 Å². The molecule has 3 heterocycles. The third-order valence-corrected chi connectivity index (χ3v) is 9.12. The molecule has 0 saturated carbocycles. The Bertz CT molecular complexity index is 1050. The molecule has 3 aromatic rings. The predicted molar refractivity (Wildman–Crippen MR) is 138 cm³/mol. The van der Waals surface area contributed by atoms with Crippen molar-refractivity contribution in [1.82, 2.24) is 9.88 Å². The van der Waals surface area contributed by atoms with Gasteiger partial charge in [0, 0.05) is 41.6 Å². The number of halogens is 1. The second-order valence-corrected chi connectivity index (χ2v) is 11.4. The average molecular weight is 505 g/mol. The van der Waals surface area contributed by atoms with Crippen molar-refractivity contribution in [3.8, 4) is 5.75 Å². The SMILES string of the molecule is COc1ccc2ncc(CO)c([C@H](F)CCC3(CO)CCN(CCSc4cccs4)CC3)c2c1. The number of alkyl halides is 1. The third-order valence-electron chi connectivity index (χ3n) is 7.01. The lowest BCUT2D eigenvalue weighted by Gasteiger charge is -2.41. The molecule has 0 radical (unpaired) electrons. The Morgan fingerprint density at radius 1 is 1.26 bits per heavy atom. The number of benzene rings is 1. The fourth-order valence-corrected chi connectivity index (χ4v) is 6.66. The van der Waals surface area contributed by atoms with Crippen LogP contribution in [0.2, 0.25) is 0 Å². The van der Waals surface area contributed by atoms with Gasteiger partial charge in [0.05, 0.1) is 23.4 Å². The van der Waals surface area contributed by atoms with Gasteiger partial charge in [-0.3, -0.25) is 4.98 Å². The number of aliphatic hydroxyl groups is 2. The first kappa shape index (κ1) is 25.4. The molecule has 1 aliphatic heterocycles. The first-order chi connectivity index (χ1) is 16.6. The minimum atomic E-state index is -1.25. The van der Waals surface area contributed by atoms with Gasteiger partial charge in [-0.05, 0) is 73.8 Å². The largest absolute Gasteiger partial charge is 0.497 e. The van der Waals surface area contributed by atoms with Crippen molar-refractivity contribution in [2.75, 3.05) is 39.1 Å². The highest BCUT2D eigenvalue weighted by Gasteiger charge is 2.35. The van der Waals surface area contributed by atoms with Crippen molar-refractivity contribution in [3.05, 3.63) is 53.0 Å². The number of nitrogens with zero attached hydrogens (tertiary/aromatic N) is 2. The number of pyridine rings is 1. The lowest BCUT2D eigenvalue weighted by molar-refractivity contribution is 0.0322. The van der Waals surface area contributed by atoms with Gasteiger partial charge in [-0.1, -0.05) is 6.07 Å². The van der Waals surface area contributed by atoms with E-state index in [4.69, 9.17) is 4.74 Å². The van der Waals surface area contributed by atoms with E-state index in [2.05, 4.69) is 27.4 Å². The predicted octanol–water partition coefficient (Wildman–Crippen LogP) is 5.45. The Kier molecular flexibility index (Phi) is 8.82. The number of rotatable bonds is 11. The number of hydrogen-bond acceptors (Lipinski definition) is 7. The Morgan fingerprint density at radius 2 is 2.09 bits per heavy atom. The summed E-state index contributed by atoms with van der Waals surface area (Å²) in [6.45, 7) is 2.70. The zero-order valence-electron chi connectivity index (χ0n) is 19.6. The third kappa shape index (κ3) is 5.91. The molecule has 184 valence electrons. The number of hydrogen-bond donors (Lipinski definition) is 2. The van der Waals surface area contributed by atoms with Crippen molar-refractivity contribution >= 4 is 34.0 Å². The highest BCUT2D eigenvalue weighted by atomic mass is 32.2. The minimum Gasteiger partial charge on any atom is -0.497 e. The van der Waals surface area contributed by atoms with E-state index in [1.165, 1.54) is 4.21 Å². The van der Waals surface area contributed by atoms with Crippen LogP contribution in [0.1, 0.15) is 43.0 Å². The number of likely N-dealkylation sites (tertiary alicyclic amines) is 1. The monoisotopic (exact) mass is 504 g/mol. The summed E-state index contributed by atoms with van der Waals surface area (Å²) < 4.78 is 22.4. The summed E-state index contributed by atoms with van der Waals surface area (Å²) in [5.41, 5.74) is 1.43. The van der Waals surface area contributed by atoms with Crippen LogP contribution in [0.25, 0.3) is 10.9 Å². The maximum atomic E-state index is 15.7. The minimum absolute atomic E-state index is 0.0786. The maximum absolute atomic E-state index is 15.7. The van der Waals surface area contributed by atoms with E-state index >= 15 is 4.39 Å². The molecule has 1 aromatic carbocycles.